The van der Waals surface area contributed by atoms with Crippen molar-refractivity contribution in [3.8, 4) is 0 Å². The fraction of sp³-hybridized carbons (Fsp3) is 0.588. The van der Waals surface area contributed by atoms with Crippen LogP contribution in [0.5, 0.6) is 0 Å². The molecule has 1 unspecified atom stereocenters. The number of nitrogens with zero attached hydrogens (tertiary/aromatic N) is 1. The maximum atomic E-state index is 13.4. The first-order chi connectivity index (χ1) is 9.76. The molecule has 0 saturated carbocycles. The summed E-state index contributed by atoms with van der Waals surface area (Å²) in [5.41, 5.74) is 1.28. The molecule has 1 aliphatic heterocycles. The van der Waals surface area contributed by atoms with Crippen molar-refractivity contribution < 1.29 is 13.9 Å². The van der Waals surface area contributed by atoms with Gasteiger partial charge in [0.1, 0.15) is 11.4 Å². The Bertz CT molecular complexity index is 522. The van der Waals surface area contributed by atoms with E-state index in [1.165, 1.54) is 6.07 Å². The number of amides is 1. The fourth-order valence-electron chi connectivity index (χ4n) is 2.66. The van der Waals surface area contributed by atoms with Crippen LogP contribution in [0.1, 0.15) is 50.7 Å². The summed E-state index contributed by atoms with van der Waals surface area (Å²) < 4.78 is 18.8. The van der Waals surface area contributed by atoms with Crippen LogP contribution in [0.15, 0.2) is 18.2 Å². The molecule has 1 atom stereocenters. The lowest BCUT2D eigenvalue weighted by Gasteiger charge is -2.34. The van der Waals surface area contributed by atoms with Crippen molar-refractivity contribution in [2.24, 2.45) is 0 Å². The van der Waals surface area contributed by atoms with Gasteiger partial charge in [0.15, 0.2) is 0 Å². The lowest BCUT2D eigenvalue weighted by atomic mass is 9.90. The molecule has 1 amide bonds. The Morgan fingerprint density at radius 1 is 1.38 bits per heavy atom. The number of carbonyl (C=O) groups excluding carboxylic acids is 1. The molecular weight excluding hydrogens is 269 g/mol. The molecule has 1 aromatic carbocycles. The highest BCUT2D eigenvalue weighted by atomic mass is 19.1. The zero-order valence-electron chi connectivity index (χ0n) is 13.3. The zero-order chi connectivity index (χ0) is 15.6. The fourth-order valence-corrected chi connectivity index (χ4v) is 2.66. The van der Waals surface area contributed by atoms with E-state index in [0.29, 0.717) is 12.1 Å². The van der Waals surface area contributed by atoms with Crippen molar-refractivity contribution in [1.29, 1.82) is 0 Å². The molecule has 1 aliphatic rings. The third-order valence-electron chi connectivity index (χ3n) is 3.73. The van der Waals surface area contributed by atoms with Gasteiger partial charge < -0.3 is 9.64 Å². The largest absolute Gasteiger partial charge is 0.444 e. The van der Waals surface area contributed by atoms with E-state index in [0.717, 1.165) is 24.9 Å². The number of aryl methyl sites for hydroxylation is 1. The summed E-state index contributed by atoms with van der Waals surface area (Å²) in [5, 5.41) is 0. The average Bonchev–Trinajstić information content (AvgIpc) is 2.40. The zero-order valence-corrected chi connectivity index (χ0v) is 13.3. The van der Waals surface area contributed by atoms with E-state index in [1.54, 1.807) is 11.8 Å². The molecule has 0 N–H and O–H groups in total. The van der Waals surface area contributed by atoms with E-state index in [-0.39, 0.29) is 17.8 Å². The summed E-state index contributed by atoms with van der Waals surface area (Å²) in [6.45, 7) is 8.75. The Kier molecular flexibility index (Phi) is 4.55. The number of ether oxygens (including phenoxy) is 1. The molecular formula is C17H24FNO2. The van der Waals surface area contributed by atoms with E-state index in [1.807, 2.05) is 32.9 Å². The molecule has 0 aromatic heterocycles. The van der Waals surface area contributed by atoms with Gasteiger partial charge in [0.2, 0.25) is 0 Å². The van der Waals surface area contributed by atoms with Crippen LogP contribution in [0, 0.1) is 12.7 Å². The minimum atomic E-state index is -0.476. The molecule has 1 saturated heterocycles. The Morgan fingerprint density at radius 3 is 2.71 bits per heavy atom. The Hall–Kier alpha value is -1.58. The number of hydrogen-bond acceptors (Lipinski definition) is 2. The van der Waals surface area contributed by atoms with E-state index in [9.17, 15) is 9.18 Å². The second-order valence-electron chi connectivity index (χ2n) is 6.77. The highest BCUT2D eigenvalue weighted by Crippen LogP contribution is 2.28. The van der Waals surface area contributed by atoms with E-state index in [4.69, 9.17) is 4.74 Å². The first-order valence-corrected chi connectivity index (χ1v) is 7.50. The van der Waals surface area contributed by atoms with Gasteiger partial charge in [-0.05, 0) is 57.7 Å². The molecule has 116 valence electrons. The maximum absolute atomic E-state index is 13.4. The average molecular weight is 293 g/mol. The number of hydrogen-bond donors (Lipinski definition) is 0. The van der Waals surface area contributed by atoms with Gasteiger partial charge in [0, 0.05) is 19.0 Å². The molecule has 1 aromatic rings. The quantitative estimate of drug-likeness (QED) is 0.774. The Labute approximate surface area is 126 Å². The highest BCUT2D eigenvalue weighted by molar-refractivity contribution is 5.68. The predicted molar refractivity (Wildman–Crippen MR) is 80.9 cm³/mol. The summed E-state index contributed by atoms with van der Waals surface area (Å²) in [6.07, 6.45) is 1.70. The SMILES string of the molecule is Cc1cc(C2CCCN(C(=O)OC(C)(C)C)C2)ccc1F. The first-order valence-electron chi connectivity index (χ1n) is 7.50. The molecule has 0 aliphatic carbocycles. The molecule has 4 heteroatoms. The lowest BCUT2D eigenvalue weighted by molar-refractivity contribution is 0.0198. The van der Waals surface area contributed by atoms with Gasteiger partial charge in [0.05, 0.1) is 0 Å². The van der Waals surface area contributed by atoms with Crippen LogP contribution in [-0.2, 0) is 4.74 Å². The van der Waals surface area contributed by atoms with Gasteiger partial charge in [-0.3, -0.25) is 0 Å². The van der Waals surface area contributed by atoms with Crippen LogP contribution in [0.3, 0.4) is 0 Å². The van der Waals surface area contributed by atoms with Crippen LogP contribution in [0.2, 0.25) is 0 Å². The summed E-state index contributed by atoms with van der Waals surface area (Å²) >= 11 is 0. The van der Waals surface area contributed by atoms with E-state index in [2.05, 4.69) is 0 Å². The third kappa shape index (κ3) is 4.19. The van der Waals surface area contributed by atoms with Crippen LogP contribution < -0.4 is 0 Å². The van der Waals surface area contributed by atoms with Crippen LogP contribution in [-0.4, -0.2) is 29.7 Å². The van der Waals surface area contributed by atoms with E-state index < -0.39 is 5.60 Å². The van der Waals surface area contributed by atoms with Gasteiger partial charge in [-0.1, -0.05) is 12.1 Å². The summed E-state index contributed by atoms with van der Waals surface area (Å²) in [4.78, 5) is 13.9. The minimum absolute atomic E-state index is 0.182. The van der Waals surface area contributed by atoms with Crippen LogP contribution in [0.4, 0.5) is 9.18 Å². The molecule has 2 rings (SSSR count). The van der Waals surface area contributed by atoms with Crippen molar-refractivity contribution in [1.82, 2.24) is 4.90 Å². The number of benzene rings is 1. The second kappa shape index (κ2) is 6.04. The lowest BCUT2D eigenvalue weighted by Crippen LogP contribution is -2.42. The van der Waals surface area contributed by atoms with Crippen molar-refractivity contribution in [2.75, 3.05) is 13.1 Å². The Morgan fingerprint density at radius 2 is 2.10 bits per heavy atom. The number of halogens is 1. The topological polar surface area (TPSA) is 29.5 Å². The standard InChI is InChI=1S/C17H24FNO2/c1-12-10-13(7-8-15(12)18)14-6-5-9-19(11-14)16(20)21-17(2,3)4/h7-8,10,14H,5-6,9,11H2,1-4H3. The molecule has 0 spiro atoms. The number of rotatable bonds is 1. The first kappa shape index (κ1) is 15.8. The van der Waals surface area contributed by atoms with Crippen LogP contribution >= 0.6 is 0 Å². The van der Waals surface area contributed by atoms with Gasteiger partial charge >= 0.3 is 6.09 Å². The predicted octanol–water partition coefficient (Wildman–Crippen LogP) is 4.25. The third-order valence-corrected chi connectivity index (χ3v) is 3.73. The molecule has 1 fully saturated rings. The molecule has 0 radical (unpaired) electrons. The second-order valence-corrected chi connectivity index (χ2v) is 6.77. The minimum Gasteiger partial charge on any atom is -0.444 e. The normalized spacial score (nSPS) is 19.5. The molecule has 3 nitrogen and oxygen atoms in total. The molecule has 1 heterocycles. The van der Waals surface area contributed by atoms with Crippen molar-refractivity contribution in [3.63, 3.8) is 0 Å². The van der Waals surface area contributed by atoms with Gasteiger partial charge in [0.25, 0.3) is 0 Å². The summed E-state index contributed by atoms with van der Waals surface area (Å²) in [6, 6.07) is 5.22. The van der Waals surface area contributed by atoms with Crippen molar-refractivity contribution in [2.45, 2.75) is 52.1 Å². The number of carbonyl (C=O) groups is 1. The highest BCUT2D eigenvalue weighted by Gasteiger charge is 2.28. The van der Waals surface area contributed by atoms with Crippen LogP contribution in [0.25, 0.3) is 0 Å². The number of likely N-dealkylation sites (tertiary alicyclic amines) is 1. The monoisotopic (exact) mass is 293 g/mol. The van der Waals surface area contributed by atoms with Gasteiger partial charge in [-0.15, -0.1) is 0 Å². The van der Waals surface area contributed by atoms with E-state index >= 15 is 0 Å². The molecule has 0 bridgehead atoms. The van der Waals surface area contributed by atoms with Crippen molar-refractivity contribution >= 4 is 6.09 Å². The van der Waals surface area contributed by atoms with Crippen molar-refractivity contribution in [3.05, 3.63) is 35.1 Å². The number of piperidine rings is 1. The Balaban J connectivity index is 2.06. The van der Waals surface area contributed by atoms with Gasteiger partial charge in [-0.2, -0.15) is 0 Å². The smallest absolute Gasteiger partial charge is 0.410 e. The van der Waals surface area contributed by atoms with Gasteiger partial charge in [-0.25, -0.2) is 9.18 Å². The molecule has 21 heavy (non-hydrogen) atoms. The maximum Gasteiger partial charge on any atom is 0.410 e. The summed E-state index contributed by atoms with van der Waals surface area (Å²) in [5.74, 6) is 0.0733. The summed E-state index contributed by atoms with van der Waals surface area (Å²) in [7, 11) is 0.